The zero-order valence-corrected chi connectivity index (χ0v) is 14.3. The molecule has 4 heteroatoms. The molecule has 1 unspecified atom stereocenters. The standard InChI is InChI=1S/C15H33NO2S/c1-6-10-14(16-12-7-2)11-8-9-13-19(17,18)15(3,4)5/h14,16H,6-13H2,1-5H3. The van der Waals surface area contributed by atoms with Crippen LogP contribution in [0.5, 0.6) is 0 Å². The van der Waals surface area contributed by atoms with Gasteiger partial charge in [-0.15, -0.1) is 0 Å². The molecule has 0 aromatic heterocycles. The lowest BCUT2D eigenvalue weighted by Crippen LogP contribution is -2.31. The van der Waals surface area contributed by atoms with Gasteiger partial charge in [-0.3, -0.25) is 0 Å². The van der Waals surface area contributed by atoms with E-state index in [1.807, 2.05) is 0 Å². The van der Waals surface area contributed by atoms with E-state index in [2.05, 4.69) is 19.2 Å². The molecule has 1 N–H and O–H groups in total. The molecular weight excluding hydrogens is 258 g/mol. The van der Waals surface area contributed by atoms with Gasteiger partial charge < -0.3 is 5.32 Å². The average Bonchev–Trinajstić information content (AvgIpc) is 2.29. The Labute approximate surface area is 120 Å². The summed E-state index contributed by atoms with van der Waals surface area (Å²) in [6.45, 7) is 10.8. The van der Waals surface area contributed by atoms with E-state index in [1.54, 1.807) is 20.8 Å². The number of unbranched alkanes of at least 4 members (excludes halogenated alkanes) is 1. The molecule has 0 saturated carbocycles. The Hall–Kier alpha value is -0.0900. The number of rotatable bonds is 10. The van der Waals surface area contributed by atoms with Gasteiger partial charge in [-0.1, -0.05) is 26.7 Å². The van der Waals surface area contributed by atoms with E-state index in [0.717, 1.165) is 32.2 Å². The number of hydrogen-bond donors (Lipinski definition) is 1. The lowest BCUT2D eigenvalue weighted by molar-refractivity contribution is 0.435. The molecule has 0 heterocycles. The summed E-state index contributed by atoms with van der Waals surface area (Å²) in [5.41, 5.74) is 0. The van der Waals surface area contributed by atoms with Gasteiger partial charge in [0.05, 0.1) is 10.5 Å². The Morgan fingerprint density at radius 2 is 1.63 bits per heavy atom. The van der Waals surface area contributed by atoms with Crippen molar-refractivity contribution in [2.45, 2.75) is 83.9 Å². The first-order valence-corrected chi connectivity index (χ1v) is 9.35. The molecule has 116 valence electrons. The highest BCUT2D eigenvalue weighted by Crippen LogP contribution is 2.18. The minimum atomic E-state index is -2.95. The van der Waals surface area contributed by atoms with Crippen LogP contribution in [-0.2, 0) is 9.84 Å². The maximum Gasteiger partial charge on any atom is 0.155 e. The van der Waals surface area contributed by atoms with E-state index < -0.39 is 14.6 Å². The molecule has 0 aromatic rings. The first kappa shape index (κ1) is 18.9. The molecule has 19 heavy (non-hydrogen) atoms. The molecule has 0 aliphatic heterocycles. The highest BCUT2D eigenvalue weighted by Gasteiger charge is 2.28. The molecule has 0 saturated heterocycles. The van der Waals surface area contributed by atoms with Crippen LogP contribution >= 0.6 is 0 Å². The molecule has 0 rings (SSSR count). The summed E-state index contributed by atoms with van der Waals surface area (Å²) in [6, 6.07) is 0.558. The smallest absolute Gasteiger partial charge is 0.155 e. The van der Waals surface area contributed by atoms with Gasteiger partial charge in [0.1, 0.15) is 0 Å². The predicted molar refractivity (Wildman–Crippen MR) is 84.4 cm³/mol. The normalized spacial score (nSPS) is 14.6. The van der Waals surface area contributed by atoms with Gasteiger partial charge in [0, 0.05) is 6.04 Å². The van der Waals surface area contributed by atoms with Crippen LogP contribution < -0.4 is 5.32 Å². The lowest BCUT2D eigenvalue weighted by atomic mass is 10.1. The Kier molecular flexibility index (Phi) is 8.92. The first-order chi connectivity index (χ1) is 8.74. The molecular formula is C15H33NO2S. The fraction of sp³-hybridized carbons (Fsp3) is 1.00. The van der Waals surface area contributed by atoms with Crippen LogP contribution in [-0.4, -0.2) is 31.5 Å². The monoisotopic (exact) mass is 291 g/mol. The van der Waals surface area contributed by atoms with Gasteiger partial charge in [-0.2, -0.15) is 0 Å². The van der Waals surface area contributed by atoms with Crippen LogP contribution in [0.1, 0.15) is 73.1 Å². The third-order valence-electron chi connectivity index (χ3n) is 3.47. The summed E-state index contributed by atoms with van der Waals surface area (Å²) in [6.07, 6.45) is 6.39. The summed E-state index contributed by atoms with van der Waals surface area (Å²) in [5.74, 6) is 0.323. The second kappa shape index (κ2) is 8.96. The number of sulfone groups is 1. The molecule has 0 amide bonds. The van der Waals surface area contributed by atoms with E-state index in [4.69, 9.17) is 0 Å². The van der Waals surface area contributed by atoms with Gasteiger partial charge in [0.15, 0.2) is 9.84 Å². The minimum Gasteiger partial charge on any atom is -0.314 e. The van der Waals surface area contributed by atoms with Crippen LogP contribution in [0.2, 0.25) is 0 Å². The first-order valence-electron chi connectivity index (χ1n) is 7.70. The van der Waals surface area contributed by atoms with E-state index in [-0.39, 0.29) is 0 Å². The van der Waals surface area contributed by atoms with Gasteiger partial charge >= 0.3 is 0 Å². The SMILES string of the molecule is CCCNC(CCC)CCCCS(=O)(=O)C(C)(C)C. The summed E-state index contributed by atoms with van der Waals surface area (Å²) in [7, 11) is -2.95. The number of nitrogens with one attached hydrogen (secondary N) is 1. The Morgan fingerprint density at radius 1 is 1.00 bits per heavy atom. The number of hydrogen-bond acceptors (Lipinski definition) is 3. The molecule has 0 fully saturated rings. The predicted octanol–water partition coefficient (Wildman–Crippen LogP) is 3.54. The van der Waals surface area contributed by atoms with Crippen molar-refractivity contribution in [3.8, 4) is 0 Å². The fourth-order valence-corrected chi connectivity index (χ4v) is 3.23. The van der Waals surface area contributed by atoms with Crippen LogP contribution in [0.25, 0.3) is 0 Å². The van der Waals surface area contributed by atoms with Crippen molar-refractivity contribution in [1.29, 1.82) is 0 Å². The van der Waals surface area contributed by atoms with Crippen molar-refractivity contribution in [3.63, 3.8) is 0 Å². The zero-order valence-electron chi connectivity index (χ0n) is 13.5. The summed E-state index contributed by atoms with van der Waals surface area (Å²) in [5, 5.41) is 3.55. The minimum absolute atomic E-state index is 0.323. The summed E-state index contributed by atoms with van der Waals surface area (Å²) >= 11 is 0. The largest absolute Gasteiger partial charge is 0.314 e. The topological polar surface area (TPSA) is 46.2 Å². The lowest BCUT2D eigenvalue weighted by Gasteiger charge is -2.20. The van der Waals surface area contributed by atoms with Gasteiger partial charge in [0.25, 0.3) is 0 Å². The Bertz CT molecular complexity index is 318. The molecule has 0 bridgehead atoms. The quantitative estimate of drug-likeness (QED) is 0.626. The Morgan fingerprint density at radius 3 is 2.11 bits per heavy atom. The van der Waals surface area contributed by atoms with E-state index in [1.165, 1.54) is 12.8 Å². The third-order valence-corrected chi connectivity index (χ3v) is 6.16. The van der Waals surface area contributed by atoms with Crippen LogP contribution in [0.15, 0.2) is 0 Å². The molecule has 1 atom stereocenters. The third kappa shape index (κ3) is 7.93. The highest BCUT2D eigenvalue weighted by atomic mass is 32.2. The van der Waals surface area contributed by atoms with Crippen molar-refractivity contribution in [2.24, 2.45) is 0 Å². The van der Waals surface area contributed by atoms with Crippen molar-refractivity contribution in [1.82, 2.24) is 5.32 Å². The average molecular weight is 292 g/mol. The zero-order chi connectivity index (χ0) is 14.9. The van der Waals surface area contributed by atoms with Gasteiger partial charge in [-0.25, -0.2) is 8.42 Å². The molecule has 0 aromatic carbocycles. The molecule has 0 aliphatic carbocycles. The van der Waals surface area contributed by atoms with Gasteiger partial charge in [-0.05, 0) is 53.0 Å². The molecule has 0 aliphatic rings. The van der Waals surface area contributed by atoms with Crippen molar-refractivity contribution >= 4 is 9.84 Å². The fourth-order valence-electron chi connectivity index (χ4n) is 2.03. The van der Waals surface area contributed by atoms with Crippen molar-refractivity contribution < 1.29 is 8.42 Å². The van der Waals surface area contributed by atoms with E-state index in [9.17, 15) is 8.42 Å². The Balaban J connectivity index is 4.00. The van der Waals surface area contributed by atoms with Crippen molar-refractivity contribution in [3.05, 3.63) is 0 Å². The van der Waals surface area contributed by atoms with Gasteiger partial charge in [0.2, 0.25) is 0 Å². The van der Waals surface area contributed by atoms with E-state index >= 15 is 0 Å². The summed E-state index contributed by atoms with van der Waals surface area (Å²) < 4.78 is 23.3. The highest BCUT2D eigenvalue weighted by molar-refractivity contribution is 7.92. The second-order valence-electron chi connectivity index (χ2n) is 6.37. The molecule has 0 radical (unpaired) electrons. The second-order valence-corrected chi connectivity index (χ2v) is 9.23. The molecule has 0 spiro atoms. The van der Waals surface area contributed by atoms with Crippen LogP contribution in [0.4, 0.5) is 0 Å². The molecule has 3 nitrogen and oxygen atoms in total. The maximum atomic E-state index is 12.0. The van der Waals surface area contributed by atoms with E-state index in [0.29, 0.717) is 11.8 Å². The maximum absolute atomic E-state index is 12.0. The van der Waals surface area contributed by atoms with Crippen LogP contribution in [0.3, 0.4) is 0 Å². The van der Waals surface area contributed by atoms with Crippen LogP contribution in [0, 0.1) is 0 Å². The summed E-state index contributed by atoms with van der Waals surface area (Å²) in [4.78, 5) is 0. The van der Waals surface area contributed by atoms with Crippen molar-refractivity contribution in [2.75, 3.05) is 12.3 Å².